The van der Waals surface area contributed by atoms with E-state index in [0.717, 1.165) is 5.56 Å². The van der Waals surface area contributed by atoms with Gasteiger partial charge < -0.3 is 10.6 Å². The third kappa shape index (κ3) is 3.83. The van der Waals surface area contributed by atoms with Gasteiger partial charge in [0.05, 0.1) is 11.6 Å². The summed E-state index contributed by atoms with van der Waals surface area (Å²) in [5.74, 6) is -0.522. The van der Waals surface area contributed by atoms with E-state index in [-0.39, 0.29) is 11.7 Å². The van der Waals surface area contributed by atoms with Crippen LogP contribution >= 0.6 is 0 Å². The highest BCUT2D eigenvalue weighted by Gasteiger charge is 2.14. The van der Waals surface area contributed by atoms with Gasteiger partial charge in [-0.2, -0.15) is 5.26 Å². The van der Waals surface area contributed by atoms with Crippen LogP contribution in [0.3, 0.4) is 0 Å². The molecule has 2 rings (SSSR count). The van der Waals surface area contributed by atoms with Gasteiger partial charge in [0.2, 0.25) is 5.91 Å². The molecule has 2 aromatic rings. The van der Waals surface area contributed by atoms with Crippen LogP contribution < -0.4 is 10.6 Å². The van der Waals surface area contributed by atoms with E-state index in [0.29, 0.717) is 16.9 Å². The van der Waals surface area contributed by atoms with Crippen LogP contribution in [0.1, 0.15) is 18.1 Å². The fourth-order valence-corrected chi connectivity index (χ4v) is 1.97. The van der Waals surface area contributed by atoms with Crippen molar-refractivity contribution in [1.82, 2.24) is 0 Å². The van der Waals surface area contributed by atoms with E-state index in [1.807, 2.05) is 6.07 Å². The summed E-state index contributed by atoms with van der Waals surface area (Å²) in [4.78, 5) is 12.1. The monoisotopic (exact) mass is 297 g/mol. The minimum atomic E-state index is -0.486. The summed E-state index contributed by atoms with van der Waals surface area (Å²) in [6.07, 6.45) is 0. The third-order valence-corrected chi connectivity index (χ3v) is 3.24. The lowest BCUT2D eigenvalue weighted by Crippen LogP contribution is -2.32. The lowest BCUT2D eigenvalue weighted by Gasteiger charge is -2.17. The summed E-state index contributed by atoms with van der Waals surface area (Å²) in [7, 11) is 0. The fraction of sp³-hybridized carbons (Fsp3) is 0.176. The number of carbonyl (C=O) groups is 1. The van der Waals surface area contributed by atoms with E-state index in [4.69, 9.17) is 5.26 Å². The fourth-order valence-electron chi connectivity index (χ4n) is 1.97. The highest BCUT2D eigenvalue weighted by atomic mass is 19.1. The Hall–Kier alpha value is -2.87. The molecule has 0 aliphatic carbocycles. The first-order chi connectivity index (χ1) is 10.5. The molecule has 1 amide bonds. The molecule has 0 spiro atoms. The molecule has 0 aromatic heterocycles. The number of hydrogen-bond donors (Lipinski definition) is 2. The molecule has 22 heavy (non-hydrogen) atoms. The van der Waals surface area contributed by atoms with Crippen molar-refractivity contribution in [1.29, 1.82) is 5.26 Å². The zero-order chi connectivity index (χ0) is 16.1. The number of amides is 1. The van der Waals surface area contributed by atoms with Gasteiger partial charge in [-0.25, -0.2) is 4.39 Å². The Bertz CT molecular complexity index is 720. The van der Waals surface area contributed by atoms with Crippen molar-refractivity contribution in [2.24, 2.45) is 0 Å². The summed E-state index contributed by atoms with van der Waals surface area (Å²) < 4.78 is 13.1. The molecule has 0 unspecified atom stereocenters. The second kappa shape index (κ2) is 6.72. The van der Waals surface area contributed by atoms with Gasteiger partial charge in [-0.05, 0) is 61.9 Å². The number of anilines is 2. The second-order valence-corrected chi connectivity index (χ2v) is 5.00. The highest BCUT2D eigenvalue weighted by Crippen LogP contribution is 2.17. The van der Waals surface area contributed by atoms with E-state index in [1.165, 1.54) is 12.1 Å². The zero-order valence-corrected chi connectivity index (χ0v) is 12.4. The van der Waals surface area contributed by atoms with Crippen LogP contribution in [0, 0.1) is 24.1 Å². The maximum atomic E-state index is 13.1. The first kappa shape index (κ1) is 15.5. The van der Waals surface area contributed by atoms with Gasteiger partial charge in [-0.15, -0.1) is 0 Å². The average molecular weight is 297 g/mol. The van der Waals surface area contributed by atoms with E-state index in [9.17, 15) is 9.18 Å². The van der Waals surface area contributed by atoms with Crippen molar-refractivity contribution in [2.75, 3.05) is 10.6 Å². The summed E-state index contributed by atoms with van der Waals surface area (Å²) in [5, 5.41) is 14.5. The summed E-state index contributed by atoms with van der Waals surface area (Å²) in [5.41, 5.74) is 2.60. The molecule has 2 N–H and O–H groups in total. The Labute approximate surface area is 128 Å². The van der Waals surface area contributed by atoms with Gasteiger partial charge in [0.25, 0.3) is 0 Å². The van der Waals surface area contributed by atoms with Crippen molar-refractivity contribution < 1.29 is 9.18 Å². The smallest absolute Gasteiger partial charge is 0.246 e. The number of carbonyl (C=O) groups excluding carboxylic acids is 1. The second-order valence-electron chi connectivity index (χ2n) is 5.00. The number of halogens is 1. The number of rotatable bonds is 4. The standard InChI is InChI=1S/C17H16FN3O/c1-11-9-14(18)5-8-16(11)20-12(2)17(22)21-15-6-3-13(10-19)4-7-15/h3-9,12,20H,1-2H3,(H,21,22)/t12-/m1/s1. The molecule has 4 nitrogen and oxygen atoms in total. The van der Waals surface area contributed by atoms with Crippen molar-refractivity contribution >= 4 is 17.3 Å². The van der Waals surface area contributed by atoms with E-state index in [1.54, 1.807) is 44.2 Å². The molecule has 0 heterocycles. The van der Waals surface area contributed by atoms with Crippen LogP contribution in [0.4, 0.5) is 15.8 Å². The molecule has 2 aromatic carbocycles. The molecular weight excluding hydrogens is 281 g/mol. The van der Waals surface area contributed by atoms with Gasteiger partial charge in [0.1, 0.15) is 11.9 Å². The Morgan fingerprint density at radius 3 is 2.50 bits per heavy atom. The van der Waals surface area contributed by atoms with Gasteiger partial charge >= 0.3 is 0 Å². The van der Waals surface area contributed by atoms with Crippen LogP contribution in [0.5, 0.6) is 0 Å². The quantitative estimate of drug-likeness (QED) is 0.908. The molecule has 0 saturated carbocycles. The summed E-state index contributed by atoms with van der Waals surface area (Å²) >= 11 is 0. The molecule has 0 fully saturated rings. The first-order valence-corrected chi connectivity index (χ1v) is 6.83. The van der Waals surface area contributed by atoms with Crippen molar-refractivity contribution in [2.45, 2.75) is 19.9 Å². The van der Waals surface area contributed by atoms with E-state index < -0.39 is 6.04 Å². The Balaban J connectivity index is 2.01. The number of hydrogen-bond acceptors (Lipinski definition) is 3. The summed E-state index contributed by atoms with van der Waals surface area (Å²) in [6, 6.07) is 12.5. The van der Waals surface area contributed by atoms with Gasteiger partial charge in [0.15, 0.2) is 0 Å². The number of nitrogens with zero attached hydrogens (tertiary/aromatic N) is 1. The SMILES string of the molecule is Cc1cc(F)ccc1N[C@H](C)C(=O)Nc1ccc(C#N)cc1. The molecule has 0 aliphatic rings. The Morgan fingerprint density at radius 2 is 1.91 bits per heavy atom. The largest absolute Gasteiger partial charge is 0.374 e. The highest BCUT2D eigenvalue weighted by molar-refractivity contribution is 5.96. The molecule has 0 radical (unpaired) electrons. The van der Waals surface area contributed by atoms with E-state index in [2.05, 4.69) is 10.6 Å². The minimum absolute atomic E-state index is 0.214. The predicted octanol–water partition coefficient (Wildman–Crippen LogP) is 3.44. The number of nitriles is 1. The molecule has 0 bridgehead atoms. The van der Waals surface area contributed by atoms with Crippen molar-refractivity contribution in [3.8, 4) is 6.07 Å². The van der Waals surface area contributed by atoms with Crippen LogP contribution in [0.2, 0.25) is 0 Å². The Morgan fingerprint density at radius 1 is 1.23 bits per heavy atom. The van der Waals surface area contributed by atoms with Gasteiger partial charge in [0, 0.05) is 11.4 Å². The first-order valence-electron chi connectivity index (χ1n) is 6.83. The number of benzene rings is 2. The van der Waals surface area contributed by atoms with Crippen molar-refractivity contribution in [3.05, 3.63) is 59.4 Å². The maximum Gasteiger partial charge on any atom is 0.246 e. The molecular formula is C17H16FN3O. The van der Waals surface area contributed by atoms with Gasteiger partial charge in [-0.1, -0.05) is 0 Å². The number of aryl methyl sites for hydroxylation is 1. The topological polar surface area (TPSA) is 64.9 Å². The molecule has 112 valence electrons. The van der Waals surface area contributed by atoms with Gasteiger partial charge in [-0.3, -0.25) is 4.79 Å². The van der Waals surface area contributed by atoms with Crippen molar-refractivity contribution in [3.63, 3.8) is 0 Å². The molecule has 5 heteroatoms. The lowest BCUT2D eigenvalue weighted by molar-refractivity contribution is -0.116. The maximum absolute atomic E-state index is 13.1. The third-order valence-electron chi connectivity index (χ3n) is 3.24. The zero-order valence-electron chi connectivity index (χ0n) is 12.4. The predicted molar refractivity (Wildman–Crippen MR) is 84.0 cm³/mol. The molecule has 0 saturated heterocycles. The average Bonchev–Trinajstić information content (AvgIpc) is 2.50. The Kier molecular flexibility index (Phi) is 4.74. The van der Waals surface area contributed by atoms with Crippen LogP contribution in [0.15, 0.2) is 42.5 Å². The lowest BCUT2D eigenvalue weighted by atomic mass is 10.1. The van der Waals surface area contributed by atoms with Crippen LogP contribution in [-0.4, -0.2) is 11.9 Å². The molecule has 1 atom stereocenters. The number of nitrogens with one attached hydrogen (secondary N) is 2. The van der Waals surface area contributed by atoms with Crippen LogP contribution in [0.25, 0.3) is 0 Å². The molecule has 0 aliphatic heterocycles. The minimum Gasteiger partial charge on any atom is -0.374 e. The normalized spacial score (nSPS) is 11.4. The summed E-state index contributed by atoms with van der Waals surface area (Å²) in [6.45, 7) is 3.50. The van der Waals surface area contributed by atoms with Crippen LogP contribution in [-0.2, 0) is 4.79 Å². The van der Waals surface area contributed by atoms with E-state index >= 15 is 0 Å².